The van der Waals surface area contributed by atoms with E-state index in [-0.39, 0.29) is 5.91 Å². The zero-order chi connectivity index (χ0) is 19.7. The van der Waals surface area contributed by atoms with Crippen molar-refractivity contribution in [2.45, 2.75) is 13.0 Å². The van der Waals surface area contributed by atoms with Gasteiger partial charge in [0, 0.05) is 32.7 Å². The zero-order valence-electron chi connectivity index (χ0n) is 15.7. The van der Waals surface area contributed by atoms with Gasteiger partial charge in [-0.25, -0.2) is 8.42 Å². The number of amides is 1. The van der Waals surface area contributed by atoms with Gasteiger partial charge >= 0.3 is 0 Å². The Labute approximate surface area is 169 Å². The molecule has 3 heterocycles. The Morgan fingerprint density at radius 1 is 1.07 bits per heavy atom. The van der Waals surface area contributed by atoms with Crippen LogP contribution in [0, 0.1) is 0 Å². The normalized spacial score (nSPS) is 16.0. The van der Waals surface area contributed by atoms with E-state index in [4.69, 9.17) is 0 Å². The van der Waals surface area contributed by atoms with E-state index in [1.807, 2.05) is 29.6 Å². The van der Waals surface area contributed by atoms with Crippen molar-refractivity contribution in [3.63, 3.8) is 0 Å². The van der Waals surface area contributed by atoms with Crippen molar-refractivity contribution in [1.82, 2.24) is 13.8 Å². The van der Waals surface area contributed by atoms with Gasteiger partial charge in [0.25, 0.3) is 5.91 Å². The van der Waals surface area contributed by atoms with Crippen LogP contribution in [-0.2, 0) is 23.0 Å². The van der Waals surface area contributed by atoms with E-state index in [9.17, 15) is 13.2 Å². The summed E-state index contributed by atoms with van der Waals surface area (Å²) in [7, 11) is -3.21. The first-order chi connectivity index (χ1) is 13.4. The van der Waals surface area contributed by atoms with Gasteiger partial charge in [0.1, 0.15) is 5.69 Å². The Bertz CT molecular complexity index is 1080. The highest BCUT2D eigenvalue weighted by Gasteiger charge is 2.28. The molecule has 6 nitrogen and oxygen atoms in total. The molecule has 28 heavy (non-hydrogen) atoms. The van der Waals surface area contributed by atoms with Crippen LogP contribution in [0.4, 0.5) is 0 Å². The van der Waals surface area contributed by atoms with Crippen molar-refractivity contribution in [2.75, 3.05) is 32.4 Å². The molecule has 1 aromatic carbocycles. The molecular formula is C20H23N3O3S2. The molecule has 0 radical (unpaired) electrons. The maximum Gasteiger partial charge on any atom is 0.270 e. The Morgan fingerprint density at radius 3 is 2.46 bits per heavy atom. The van der Waals surface area contributed by atoms with Crippen LogP contribution in [0.2, 0.25) is 0 Å². The van der Waals surface area contributed by atoms with Gasteiger partial charge in [-0.15, -0.1) is 11.3 Å². The summed E-state index contributed by atoms with van der Waals surface area (Å²) in [5.41, 5.74) is 3.00. The summed E-state index contributed by atoms with van der Waals surface area (Å²) in [5, 5.41) is 2.04. The molecule has 0 atom stereocenters. The molecule has 0 bridgehead atoms. The van der Waals surface area contributed by atoms with Crippen molar-refractivity contribution in [3.8, 4) is 0 Å². The van der Waals surface area contributed by atoms with Crippen LogP contribution in [-0.4, -0.2) is 60.5 Å². The summed E-state index contributed by atoms with van der Waals surface area (Å²) in [4.78, 5) is 15.0. The molecule has 0 N–H and O–H groups in total. The monoisotopic (exact) mass is 417 g/mol. The molecule has 1 amide bonds. The number of fused-ring (bicyclic) bond motifs is 1. The van der Waals surface area contributed by atoms with Crippen molar-refractivity contribution in [1.29, 1.82) is 0 Å². The minimum atomic E-state index is -3.21. The second kappa shape index (κ2) is 7.69. The van der Waals surface area contributed by atoms with Crippen LogP contribution in [0.25, 0.3) is 10.2 Å². The molecule has 3 aromatic rings. The lowest BCUT2D eigenvalue weighted by Crippen LogP contribution is -2.50. The number of hydrogen-bond donors (Lipinski definition) is 0. The van der Waals surface area contributed by atoms with Crippen molar-refractivity contribution < 1.29 is 13.2 Å². The molecule has 1 fully saturated rings. The fourth-order valence-electron chi connectivity index (χ4n) is 3.67. The van der Waals surface area contributed by atoms with E-state index < -0.39 is 10.0 Å². The second-order valence-electron chi connectivity index (χ2n) is 7.04. The number of carbonyl (C=O) groups excluding carboxylic acids is 1. The number of sulfonamides is 1. The number of nitrogens with zero attached hydrogens (tertiary/aromatic N) is 3. The van der Waals surface area contributed by atoms with E-state index in [1.54, 1.807) is 16.2 Å². The van der Waals surface area contributed by atoms with E-state index >= 15 is 0 Å². The molecule has 1 aliphatic rings. The molecule has 8 heteroatoms. The lowest BCUT2D eigenvalue weighted by molar-refractivity contribution is 0.0688. The number of aromatic nitrogens is 1. The summed E-state index contributed by atoms with van der Waals surface area (Å²) >= 11 is 1.63. The van der Waals surface area contributed by atoms with Crippen LogP contribution in [0.1, 0.15) is 16.1 Å². The lowest BCUT2D eigenvalue weighted by atomic mass is 10.1. The minimum absolute atomic E-state index is 0.0235. The number of piperazine rings is 1. The molecule has 148 valence electrons. The summed E-state index contributed by atoms with van der Waals surface area (Å²) in [6.07, 6.45) is 2.07. The topological polar surface area (TPSA) is 62.6 Å². The van der Waals surface area contributed by atoms with Crippen LogP contribution < -0.4 is 0 Å². The van der Waals surface area contributed by atoms with Crippen LogP contribution in [0.3, 0.4) is 0 Å². The van der Waals surface area contributed by atoms with Crippen LogP contribution in [0.5, 0.6) is 0 Å². The summed E-state index contributed by atoms with van der Waals surface area (Å²) in [6, 6.07) is 14.3. The summed E-state index contributed by atoms with van der Waals surface area (Å²) in [5.74, 6) is -0.0235. The Hall–Kier alpha value is -2.16. The van der Waals surface area contributed by atoms with Gasteiger partial charge < -0.3 is 9.47 Å². The molecule has 1 aliphatic heterocycles. The van der Waals surface area contributed by atoms with Gasteiger partial charge in [-0.1, -0.05) is 30.3 Å². The predicted octanol–water partition coefficient (Wildman–Crippen LogP) is 2.66. The highest BCUT2D eigenvalue weighted by Crippen LogP contribution is 2.27. The predicted molar refractivity (Wildman–Crippen MR) is 112 cm³/mol. The first-order valence-corrected chi connectivity index (χ1v) is 12.0. The third-order valence-electron chi connectivity index (χ3n) is 5.20. The highest BCUT2D eigenvalue weighted by molar-refractivity contribution is 7.88. The molecular weight excluding hydrogens is 394 g/mol. The highest BCUT2D eigenvalue weighted by atomic mass is 32.2. The Morgan fingerprint density at radius 2 is 1.79 bits per heavy atom. The molecule has 0 aliphatic carbocycles. The average molecular weight is 418 g/mol. The fraction of sp³-hybridized carbons (Fsp3) is 0.350. The van der Waals surface area contributed by atoms with Crippen molar-refractivity contribution in [3.05, 3.63) is 59.1 Å². The van der Waals surface area contributed by atoms with E-state index in [1.165, 1.54) is 16.1 Å². The van der Waals surface area contributed by atoms with Gasteiger partial charge in [0.05, 0.1) is 16.5 Å². The van der Waals surface area contributed by atoms with Gasteiger partial charge in [-0.3, -0.25) is 4.79 Å². The molecule has 0 saturated carbocycles. The molecule has 0 spiro atoms. The Kier molecular flexibility index (Phi) is 5.27. The maximum absolute atomic E-state index is 13.2. The molecule has 2 aromatic heterocycles. The summed E-state index contributed by atoms with van der Waals surface area (Å²) < 4.78 is 28.1. The van der Waals surface area contributed by atoms with E-state index in [0.717, 1.165) is 23.2 Å². The third kappa shape index (κ3) is 3.85. The zero-order valence-corrected chi connectivity index (χ0v) is 17.4. The largest absolute Gasteiger partial charge is 0.335 e. The number of rotatable bonds is 5. The van der Waals surface area contributed by atoms with E-state index in [0.29, 0.717) is 31.9 Å². The first kappa shape index (κ1) is 19.2. The molecule has 0 unspecified atom stereocenters. The smallest absolute Gasteiger partial charge is 0.270 e. The number of thiophene rings is 1. The third-order valence-corrected chi connectivity index (χ3v) is 7.36. The maximum atomic E-state index is 13.2. The molecule has 1 saturated heterocycles. The quantitative estimate of drug-likeness (QED) is 0.641. The number of aryl methyl sites for hydroxylation is 2. The molecule has 4 rings (SSSR count). The van der Waals surface area contributed by atoms with Gasteiger partial charge in [0.15, 0.2) is 0 Å². The van der Waals surface area contributed by atoms with E-state index in [2.05, 4.69) is 22.8 Å². The average Bonchev–Trinajstić information content (AvgIpc) is 3.27. The fourth-order valence-corrected chi connectivity index (χ4v) is 5.31. The SMILES string of the molecule is CS(=O)(=O)N1CCN(C(=O)c2cc3sccc3n2CCc2ccccc2)CC1. The van der Waals surface area contributed by atoms with Crippen molar-refractivity contribution >= 4 is 37.5 Å². The Balaban J connectivity index is 1.55. The second-order valence-corrected chi connectivity index (χ2v) is 9.97. The standard InChI is InChI=1S/C20H23N3O3S2/c1-28(25,26)22-12-10-21(11-13-22)20(24)18-15-19-17(8-14-27-19)23(18)9-7-16-5-3-2-4-6-16/h2-6,8,14-15H,7,9-13H2,1H3. The number of carbonyl (C=O) groups is 1. The van der Waals surface area contributed by atoms with Crippen molar-refractivity contribution in [2.24, 2.45) is 0 Å². The van der Waals surface area contributed by atoms with Gasteiger partial charge in [0.2, 0.25) is 10.0 Å². The van der Waals surface area contributed by atoms with Gasteiger partial charge in [-0.05, 0) is 29.5 Å². The van der Waals surface area contributed by atoms with Gasteiger partial charge in [-0.2, -0.15) is 4.31 Å². The number of hydrogen-bond acceptors (Lipinski definition) is 4. The summed E-state index contributed by atoms with van der Waals surface area (Å²) in [6.45, 7) is 2.27. The minimum Gasteiger partial charge on any atom is -0.335 e. The van der Waals surface area contributed by atoms with Crippen LogP contribution >= 0.6 is 11.3 Å². The van der Waals surface area contributed by atoms with Crippen LogP contribution in [0.15, 0.2) is 47.8 Å². The lowest BCUT2D eigenvalue weighted by Gasteiger charge is -2.33. The first-order valence-electron chi connectivity index (χ1n) is 9.28. The number of benzene rings is 1.